The summed E-state index contributed by atoms with van der Waals surface area (Å²) in [6.45, 7) is 4.87. The van der Waals surface area contributed by atoms with E-state index in [-0.39, 0.29) is 22.7 Å². The maximum absolute atomic E-state index is 12.3. The molecule has 0 saturated carbocycles. The molecule has 0 radical (unpaired) electrons. The lowest BCUT2D eigenvalue weighted by atomic mass is 10.1. The Bertz CT molecular complexity index is 629. The van der Waals surface area contributed by atoms with Crippen LogP contribution in [0.5, 0.6) is 0 Å². The van der Waals surface area contributed by atoms with Gasteiger partial charge in [0.25, 0.3) is 5.69 Å². The molecule has 0 fully saturated rings. The van der Waals surface area contributed by atoms with Crippen molar-refractivity contribution in [1.82, 2.24) is 4.72 Å². The average Bonchev–Trinajstić information content (AvgIpc) is 2.26. The summed E-state index contributed by atoms with van der Waals surface area (Å²) in [6.07, 6.45) is 0.493. The van der Waals surface area contributed by atoms with E-state index in [4.69, 9.17) is 11.6 Å². The fraction of sp³-hybridized carbons (Fsp3) is 0.500. The minimum absolute atomic E-state index is 0.0237. The second-order valence-electron chi connectivity index (χ2n) is 4.51. The van der Waals surface area contributed by atoms with Gasteiger partial charge in [0.15, 0.2) is 0 Å². The number of hydrogen-bond donors (Lipinski definition) is 1. The lowest BCUT2D eigenvalue weighted by Gasteiger charge is -2.13. The molecule has 0 amide bonds. The van der Waals surface area contributed by atoms with Gasteiger partial charge in [0.2, 0.25) is 10.0 Å². The monoisotopic (exact) mass is 320 g/mol. The number of alkyl halides is 1. The van der Waals surface area contributed by atoms with Crippen LogP contribution in [0.3, 0.4) is 0 Å². The lowest BCUT2D eigenvalue weighted by Crippen LogP contribution is -2.26. The van der Waals surface area contributed by atoms with Crippen LogP contribution in [0.25, 0.3) is 0 Å². The number of rotatable bonds is 6. The quantitative estimate of drug-likeness (QED) is 0.377. The van der Waals surface area contributed by atoms with Crippen molar-refractivity contribution in [2.45, 2.75) is 32.1 Å². The number of aryl methyl sites for hydroxylation is 2. The summed E-state index contributed by atoms with van der Waals surface area (Å²) < 4.78 is 26.9. The van der Waals surface area contributed by atoms with E-state index >= 15 is 0 Å². The number of benzene rings is 1. The Morgan fingerprint density at radius 1 is 1.30 bits per heavy atom. The first-order chi connectivity index (χ1) is 9.22. The molecule has 0 aliphatic carbocycles. The third-order valence-electron chi connectivity index (χ3n) is 2.91. The molecule has 1 N–H and O–H groups in total. The van der Waals surface area contributed by atoms with Crippen molar-refractivity contribution >= 4 is 27.3 Å². The van der Waals surface area contributed by atoms with Crippen molar-refractivity contribution in [3.8, 4) is 0 Å². The molecule has 0 bridgehead atoms. The van der Waals surface area contributed by atoms with Crippen LogP contribution in [-0.2, 0) is 10.0 Å². The highest BCUT2D eigenvalue weighted by molar-refractivity contribution is 7.89. The smallest absolute Gasteiger partial charge is 0.258 e. The summed E-state index contributed by atoms with van der Waals surface area (Å²) in [5, 5.41) is 11.1. The van der Waals surface area contributed by atoms with E-state index < -0.39 is 14.9 Å². The van der Waals surface area contributed by atoms with E-state index in [0.29, 0.717) is 23.4 Å². The zero-order valence-electron chi connectivity index (χ0n) is 11.6. The van der Waals surface area contributed by atoms with Gasteiger partial charge < -0.3 is 0 Å². The second kappa shape index (κ2) is 6.51. The summed E-state index contributed by atoms with van der Waals surface area (Å²) in [4.78, 5) is 10.5. The molecule has 0 aliphatic rings. The van der Waals surface area contributed by atoms with Crippen LogP contribution in [0.1, 0.15) is 23.1 Å². The Morgan fingerprint density at radius 2 is 1.90 bits per heavy atom. The van der Waals surface area contributed by atoms with E-state index in [1.165, 1.54) is 13.0 Å². The molecule has 0 aromatic heterocycles. The molecule has 0 unspecified atom stereocenters. The highest BCUT2D eigenvalue weighted by Gasteiger charge is 2.27. The van der Waals surface area contributed by atoms with Gasteiger partial charge in [0, 0.05) is 23.6 Å². The fourth-order valence-corrected chi connectivity index (χ4v) is 3.87. The Morgan fingerprint density at radius 3 is 2.40 bits per heavy atom. The molecular formula is C12H17ClN2O4S. The third kappa shape index (κ3) is 3.47. The van der Waals surface area contributed by atoms with Gasteiger partial charge in [0.1, 0.15) is 0 Å². The minimum Gasteiger partial charge on any atom is -0.258 e. The SMILES string of the molecule is Cc1cc(C)c(S(=O)(=O)NCCCCl)c(C)c1[N+](=O)[O-]. The van der Waals surface area contributed by atoms with Crippen LogP contribution in [0, 0.1) is 30.9 Å². The zero-order chi connectivity index (χ0) is 15.5. The highest BCUT2D eigenvalue weighted by Crippen LogP contribution is 2.31. The number of nitrogens with zero attached hydrogens (tertiary/aromatic N) is 1. The Balaban J connectivity index is 3.38. The van der Waals surface area contributed by atoms with Gasteiger partial charge in [-0.2, -0.15) is 0 Å². The Labute approximate surface area is 123 Å². The van der Waals surface area contributed by atoms with Gasteiger partial charge in [0.05, 0.1) is 9.82 Å². The molecule has 8 heteroatoms. The maximum atomic E-state index is 12.3. The molecule has 1 rings (SSSR count). The molecular weight excluding hydrogens is 304 g/mol. The highest BCUT2D eigenvalue weighted by atomic mass is 35.5. The topological polar surface area (TPSA) is 89.3 Å². The van der Waals surface area contributed by atoms with Crippen molar-refractivity contribution in [2.75, 3.05) is 12.4 Å². The Kier molecular flexibility index (Phi) is 5.50. The molecule has 0 saturated heterocycles. The summed E-state index contributed by atoms with van der Waals surface area (Å²) >= 11 is 5.50. The number of nitrogens with one attached hydrogen (secondary N) is 1. The Hall–Kier alpha value is -1.18. The van der Waals surface area contributed by atoms with Crippen molar-refractivity contribution in [3.63, 3.8) is 0 Å². The summed E-state index contributed by atoms with van der Waals surface area (Å²) in [5.74, 6) is 0.342. The van der Waals surface area contributed by atoms with Gasteiger partial charge in [-0.3, -0.25) is 10.1 Å². The van der Waals surface area contributed by atoms with Crippen molar-refractivity contribution < 1.29 is 13.3 Å². The summed E-state index contributed by atoms with van der Waals surface area (Å²) in [7, 11) is -3.78. The molecule has 6 nitrogen and oxygen atoms in total. The zero-order valence-corrected chi connectivity index (χ0v) is 13.1. The van der Waals surface area contributed by atoms with Crippen LogP contribution < -0.4 is 4.72 Å². The molecule has 0 spiro atoms. The number of hydrogen-bond acceptors (Lipinski definition) is 4. The number of nitro groups is 1. The van der Waals surface area contributed by atoms with E-state index in [2.05, 4.69) is 4.72 Å². The average molecular weight is 321 g/mol. The summed E-state index contributed by atoms with van der Waals surface area (Å²) in [5.41, 5.74) is 0.938. The molecule has 1 aromatic rings. The predicted octanol–water partition coefficient (Wildman–Crippen LogP) is 2.43. The standard InChI is InChI=1S/C12H17ClN2O4S/c1-8-7-9(2)12(10(3)11(8)15(16)17)20(18,19)14-6-4-5-13/h7,14H,4-6H2,1-3H3. The molecule has 0 aliphatic heterocycles. The summed E-state index contributed by atoms with van der Waals surface area (Å²) in [6, 6.07) is 1.52. The normalized spacial score (nSPS) is 11.6. The second-order valence-corrected chi connectivity index (χ2v) is 6.59. The minimum atomic E-state index is -3.78. The molecule has 1 aromatic carbocycles. The third-order valence-corrected chi connectivity index (χ3v) is 4.93. The van der Waals surface area contributed by atoms with Gasteiger partial charge >= 0.3 is 0 Å². The van der Waals surface area contributed by atoms with E-state index in [9.17, 15) is 18.5 Å². The van der Waals surface area contributed by atoms with E-state index in [1.807, 2.05) is 0 Å². The lowest BCUT2D eigenvalue weighted by molar-refractivity contribution is -0.386. The molecule has 0 heterocycles. The number of halogens is 1. The van der Waals surface area contributed by atoms with E-state index in [1.54, 1.807) is 13.8 Å². The van der Waals surface area contributed by atoms with Crippen molar-refractivity contribution in [3.05, 3.63) is 32.9 Å². The molecule has 112 valence electrons. The van der Waals surface area contributed by atoms with Crippen LogP contribution >= 0.6 is 11.6 Å². The van der Waals surface area contributed by atoms with Gasteiger partial charge in [-0.1, -0.05) is 0 Å². The fourth-order valence-electron chi connectivity index (χ4n) is 2.20. The first kappa shape index (κ1) is 16.9. The van der Waals surface area contributed by atoms with Gasteiger partial charge in [-0.05, 0) is 38.8 Å². The predicted molar refractivity (Wildman–Crippen MR) is 77.8 cm³/mol. The van der Waals surface area contributed by atoms with Gasteiger partial charge in [-0.15, -0.1) is 11.6 Å². The van der Waals surface area contributed by atoms with Crippen LogP contribution in [0.4, 0.5) is 5.69 Å². The number of sulfonamides is 1. The maximum Gasteiger partial charge on any atom is 0.276 e. The van der Waals surface area contributed by atoms with Crippen LogP contribution in [0.15, 0.2) is 11.0 Å². The molecule has 0 atom stereocenters. The first-order valence-corrected chi connectivity index (χ1v) is 8.05. The van der Waals surface area contributed by atoms with E-state index in [0.717, 1.165) is 0 Å². The number of nitro benzene ring substituents is 1. The van der Waals surface area contributed by atoms with Gasteiger partial charge in [-0.25, -0.2) is 13.1 Å². The largest absolute Gasteiger partial charge is 0.276 e. The molecule has 20 heavy (non-hydrogen) atoms. The first-order valence-electron chi connectivity index (χ1n) is 6.03. The van der Waals surface area contributed by atoms with Crippen LogP contribution in [0.2, 0.25) is 0 Å². The van der Waals surface area contributed by atoms with Crippen molar-refractivity contribution in [2.24, 2.45) is 0 Å². The van der Waals surface area contributed by atoms with Crippen LogP contribution in [-0.4, -0.2) is 25.8 Å². The van der Waals surface area contributed by atoms with Crippen molar-refractivity contribution in [1.29, 1.82) is 0 Å².